The maximum absolute atomic E-state index is 10.7. The van der Waals surface area contributed by atoms with Crippen LogP contribution in [0.5, 0.6) is 0 Å². The molecule has 96 valence electrons. The van der Waals surface area contributed by atoms with Crippen molar-refractivity contribution in [3.05, 3.63) is 34.9 Å². The fourth-order valence-electron chi connectivity index (χ4n) is 2.51. The van der Waals surface area contributed by atoms with Crippen molar-refractivity contribution in [2.75, 3.05) is 0 Å². The van der Waals surface area contributed by atoms with Crippen LogP contribution in [0.25, 0.3) is 0 Å². The van der Waals surface area contributed by atoms with Crippen LogP contribution in [0.4, 0.5) is 0 Å². The Balaban J connectivity index is 2.43. The van der Waals surface area contributed by atoms with Crippen molar-refractivity contribution in [3.63, 3.8) is 0 Å². The van der Waals surface area contributed by atoms with Gasteiger partial charge in [0.1, 0.15) is 5.60 Å². The van der Waals surface area contributed by atoms with Crippen LogP contribution in [0.15, 0.2) is 18.2 Å². The second kappa shape index (κ2) is 4.40. The molecule has 1 unspecified atom stereocenters. The molecule has 0 aliphatic heterocycles. The van der Waals surface area contributed by atoms with Crippen molar-refractivity contribution in [2.24, 2.45) is 5.41 Å². The molecule has 0 heterocycles. The van der Waals surface area contributed by atoms with Gasteiger partial charge in [0.25, 0.3) is 0 Å². The van der Waals surface area contributed by atoms with E-state index in [1.165, 1.54) is 24.0 Å². The zero-order chi connectivity index (χ0) is 13.4. The minimum atomic E-state index is -1.12. The smallest absolute Gasteiger partial charge is 0.105 e. The number of aryl methyl sites for hydroxylation is 2. The highest BCUT2D eigenvalue weighted by Crippen LogP contribution is 2.39. The van der Waals surface area contributed by atoms with Crippen LogP contribution in [-0.2, 0) is 18.4 Å². The van der Waals surface area contributed by atoms with E-state index in [0.29, 0.717) is 0 Å². The average molecular weight is 243 g/mol. The standard InChI is InChI=1S/C16H21NO/c1-15(2,11-17)16(3,18)14-9-8-12-6-4-5-7-13(12)10-14/h8-10,18H,4-7H2,1-3H3. The first kappa shape index (κ1) is 13.1. The lowest BCUT2D eigenvalue weighted by Crippen LogP contribution is -2.38. The molecule has 0 saturated carbocycles. The van der Waals surface area contributed by atoms with Crippen molar-refractivity contribution >= 4 is 0 Å². The Kier molecular flexibility index (Phi) is 3.21. The first-order valence-electron chi connectivity index (χ1n) is 6.64. The summed E-state index contributed by atoms with van der Waals surface area (Å²) in [6, 6.07) is 8.39. The molecule has 1 aliphatic rings. The van der Waals surface area contributed by atoms with Crippen LogP contribution in [0.2, 0.25) is 0 Å². The quantitative estimate of drug-likeness (QED) is 0.866. The van der Waals surface area contributed by atoms with E-state index in [2.05, 4.69) is 18.2 Å². The predicted octanol–water partition coefficient (Wildman–Crippen LogP) is 3.32. The van der Waals surface area contributed by atoms with Gasteiger partial charge in [-0.25, -0.2) is 0 Å². The summed E-state index contributed by atoms with van der Waals surface area (Å²) in [5.74, 6) is 0. The van der Waals surface area contributed by atoms with Crippen LogP contribution in [0.1, 0.15) is 50.3 Å². The highest BCUT2D eigenvalue weighted by Gasteiger charge is 2.41. The summed E-state index contributed by atoms with van der Waals surface area (Å²) in [7, 11) is 0. The van der Waals surface area contributed by atoms with E-state index in [0.717, 1.165) is 18.4 Å². The molecule has 0 spiro atoms. The van der Waals surface area contributed by atoms with Gasteiger partial charge in [-0.1, -0.05) is 18.2 Å². The van der Waals surface area contributed by atoms with E-state index in [1.54, 1.807) is 20.8 Å². The van der Waals surface area contributed by atoms with E-state index in [9.17, 15) is 10.4 Å². The summed E-state index contributed by atoms with van der Waals surface area (Å²) in [5.41, 5.74) is 1.68. The number of aliphatic hydroxyl groups is 1. The van der Waals surface area contributed by atoms with Gasteiger partial charge < -0.3 is 5.11 Å². The normalized spacial score (nSPS) is 18.6. The zero-order valence-corrected chi connectivity index (χ0v) is 11.5. The molecule has 0 saturated heterocycles. The highest BCUT2D eigenvalue weighted by atomic mass is 16.3. The summed E-state index contributed by atoms with van der Waals surface area (Å²) >= 11 is 0. The lowest BCUT2D eigenvalue weighted by Gasteiger charge is -2.35. The molecule has 2 rings (SSSR count). The molecule has 0 amide bonds. The Hall–Kier alpha value is -1.33. The molecule has 0 fully saturated rings. The fourth-order valence-corrected chi connectivity index (χ4v) is 2.51. The van der Waals surface area contributed by atoms with Crippen LogP contribution < -0.4 is 0 Å². The molecule has 1 aromatic rings. The molecule has 1 aliphatic carbocycles. The van der Waals surface area contributed by atoms with Crippen molar-refractivity contribution < 1.29 is 5.11 Å². The molecule has 1 atom stereocenters. The summed E-state index contributed by atoms with van der Waals surface area (Å²) < 4.78 is 0. The summed E-state index contributed by atoms with van der Waals surface area (Å²) in [5, 5.41) is 19.9. The summed E-state index contributed by atoms with van der Waals surface area (Å²) in [4.78, 5) is 0. The Morgan fingerprint density at radius 3 is 2.33 bits per heavy atom. The first-order valence-corrected chi connectivity index (χ1v) is 6.64. The van der Waals surface area contributed by atoms with E-state index in [4.69, 9.17) is 0 Å². The molecular weight excluding hydrogens is 222 g/mol. The number of nitrogens with zero attached hydrogens (tertiary/aromatic N) is 1. The third-order valence-electron chi connectivity index (χ3n) is 4.41. The fraction of sp³-hybridized carbons (Fsp3) is 0.562. The minimum absolute atomic E-state index is 0.796. The summed E-state index contributed by atoms with van der Waals surface area (Å²) in [6.07, 6.45) is 4.71. The monoisotopic (exact) mass is 243 g/mol. The van der Waals surface area contributed by atoms with Crippen LogP contribution in [0, 0.1) is 16.7 Å². The molecule has 0 radical (unpaired) electrons. The molecule has 1 N–H and O–H groups in total. The van der Waals surface area contributed by atoms with Crippen molar-refractivity contribution in [2.45, 2.75) is 52.1 Å². The number of benzene rings is 1. The van der Waals surface area contributed by atoms with Gasteiger partial charge in [0.15, 0.2) is 0 Å². The molecule has 1 aromatic carbocycles. The molecular formula is C16H21NO. The lowest BCUT2D eigenvalue weighted by molar-refractivity contribution is -0.0268. The largest absolute Gasteiger partial charge is 0.384 e. The predicted molar refractivity (Wildman–Crippen MR) is 72.0 cm³/mol. The van der Waals surface area contributed by atoms with Crippen molar-refractivity contribution in [1.82, 2.24) is 0 Å². The maximum Gasteiger partial charge on any atom is 0.105 e. The van der Waals surface area contributed by atoms with E-state index in [1.807, 2.05) is 6.07 Å². The van der Waals surface area contributed by atoms with Gasteiger partial charge in [-0.2, -0.15) is 5.26 Å². The van der Waals surface area contributed by atoms with E-state index < -0.39 is 11.0 Å². The second-order valence-electron chi connectivity index (χ2n) is 6.00. The molecule has 0 aromatic heterocycles. The van der Waals surface area contributed by atoms with E-state index >= 15 is 0 Å². The lowest BCUT2D eigenvalue weighted by atomic mass is 9.72. The number of nitriles is 1. The Morgan fingerprint density at radius 1 is 1.11 bits per heavy atom. The highest BCUT2D eigenvalue weighted by molar-refractivity contribution is 5.37. The molecule has 2 heteroatoms. The van der Waals surface area contributed by atoms with Gasteiger partial charge in [0, 0.05) is 0 Å². The second-order valence-corrected chi connectivity index (χ2v) is 6.00. The van der Waals surface area contributed by atoms with Gasteiger partial charge in [0.2, 0.25) is 0 Å². The van der Waals surface area contributed by atoms with Gasteiger partial charge in [-0.3, -0.25) is 0 Å². The van der Waals surface area contributed by atoms with Crippen LogP contribution in [-0.4, -0.2) is 5.11 Å². The minimum Gasteiger partial charge on any atom is -0.384 e. The van der Waals surface area contributed by atoms with Gasteiger partial charge >= 0.3 is 0 Å². The number of hydrogen-bond donors (Lipinski definition) is 1. The SMILES string of the molecule is CC(C)(C#N)C(C)(O)c1ccc2c(c1)CCCC2. The van der Waals surface area contributed by atoms with Crippen molar-refractivity contribution in [3.8, 4) is 6.07 Å². The Bertz CT molecular complexity index is 494. The van der Waals surface area contributed by atoms with Gasteiger partial charge in [-0.15, -0.1) is 0 Å². The summed E-state index contributed by atoms with van der Waals surface area (Å²) in [6.45, 7) is 5.31. The Labute approximate surface area is 109 Å². The molecule has 18 heavy (non-hydrogen) atoms. The van der Waals surface area contributed by atoms with Gasteiger partial charge in [-0.05, 0) is 63.1 Å². The number of fused-ring (bicyclic) bond motifs is 1. The maximum atomic E-state index is 10.7. The number of hydrogen-bond acceptors (Lipinski definition) is 2. The average Bonchev–Trinajstić information content (AvgIpc) is 2.37. The zero-order valence-electron chi connectivity index (χ0n) is 11.5. The Morgan fingerprint density at radius 2 is 1.72 bits per heavy atom. The van der Waals surface area contributed by atoms with Crippen molar-refractivity contribution in [1.29, 1.82) is 5.26 Å². The van der Waals surface area contributed by atoms with E-state index in [-0.39, 0.29) is 0 Å². The third-order valence-corrected chi connectivity index (χ3v) is 4.41. The third kappa shape index (κ3) is 2.04. The van der Waals surface area contributed by atoms with Gasteiger partial charge in [0.05, 0.1) is 11.5 Å². The molecule has 2 nitrogen and oxygen atoms in total. The molecule has 0 bridgehead atoms. The van der Waals surface area contributed by atoms with Crippen LogP contribution in [0.3, 0.4) is 0 Å². The number of rotatable bonds is 2. The topological polar surface area (TPSA) is 44.0 Å². The van der Waals surface area contributed by atoms with Crippen LogP contribution >= 0.6 is 0 Å². The first-order chi connectivity index (χ1) is 8.38.